The zero-order chi connectivity index (χ0) is 27.5. The Morgan fingerprint density at radius 3 is 2.49 bits per heavy atom. The molecule has 0 unspecified atom stereocenters. The molecule has 1 aromatic heterocycles. The Bertz CT molecular complexity index is 1580. The smallest absolute Gasteiger partial charge is 0.282 e. The van der Waals surface area contributed by atoms with Gasteiger partial charge in [0.1, 0.15) is 5.75 Å². The average molecular weight is 523 g/mol. The first-order chi connectivity index (χ1) is 18.9. The van der Waals surface area contributed by atoms with E-state index in [2.05, 4.69) is 49.9 Å². The molecule has 0 bridgehead atoms. The first-order valence-corrected chi connectivity index (χ1v) is 14.1. The highest BCUT2D eigenvalue weighted by Crippen LogP contribution is 2.34. The molecule has 39 heavy (non-hydrogen) atoms. The lowest BCUT2D eigenvalue weighted by atomic mass is 9.96. The van der Waals surface area contributed by atoms with Crippen molar-refractivity contribution in [2.75, 3.05) is 24.6 Å². The van der Waals surface area contributed by atoms with Gasteiger partial charge in [-0.05, 0) is 105 Å². The molecule has 3 aromatic carbocycles. The molecular formula is C33H38N4O2. The van der Waals surface area contributed by atoms with Crippen LogP contribution in [0.25, 0.3) is 22.3 Å². The van der Waals surface area contributed by atoms with Gasteiger partial charge in [-0.3, -0.25) is 4.79 Å². The summed E-state index contributed by atoms with van der Waals surface area (Å²) < 4.78 is 7.40. The Kier molecular flexibility index (Phi) is 7.82. The number of benzene rings is 3. The van der Waals surface area contributed by atoms with E-state index in [1.165, 1.54) is 29.6 Å². The monoisotopic (exact) mass is 522 g/mol. The van der Waals surface area contributed by atoms with E-state index in [1.54, 1.807) is 6.21 Å². The van der Waals surface area contributed by atoms with Crippen molar-refractivity contribution in [2.45, 2.75) is 59.8 Å². The molecule has 0 amide bonds. The third-order valence-electron chi connectivity index (χ3n) is 7.56. The van der Waals surface area contributed by atoms with E-state index in [1.807, 2.05) is 44.2 Å². The maximum absolute atomic E-state index is 13.8. The van der Waals surface area contributed by atoms with Crippen molar-refractivity contribution in [3.8, 4) is 17.1 Å². The lowest BCUT2D eigenvalue weighted by molar-refractivity contribution is 0.335. The van der Waals surface area contributed by atoms with Gasteiger partial charge >= 0.3 is 0 Å². The van der Waals surface area contributed by atoms with Crippen LogP contribution in [-0.4, -0.2) is 35.6 Å². The molecule has 0 atom stereocenters. The number of rotatable bonds is 7. The van der Waals surface area contributed by atoms with Gasteiger partial charge in [0.15, 0.2) is 5.82 Å². The number of para-hydroxylation sites is 1. The van der Waals surface area contributed by atoms with E-state index in [0.29, 0.717) is 23.3 Å². The molecule has 1 aliphatic rings. The highest BCUT2D eigenvalue weighted by atomic mass is 16.5. The number of aryl methyl sites for hydroxylation is 2. The number of fused-ring (bicyclic) bond motifs is 1. The van der Waals surface area contributed by atoms with Crippen molar-refractivity contribution in [1.29, 1.82) is 0 Å². The molecule has 0 saturated carbocycles. The normalized spacial score (nSPS) is 14.1. The number of piperidine rings is 1. The molecule has 0 aliphatic carbocycles. The Morgan fingerprint density at radius 2 is 1.77 bits per heavy atom. The maximum atomic E-state index is 13.8. The first kappa shape index (κ1) is 26.7. The van der Waals surface area contributed by atoms with Gasteiger partial charge in [-0.2, -0.15) is 9.78 Å². The van der Waals surface area contributed by atoms with Crippen LogP contribution in [0.1, 0.15) is 68.2 Å². The lowest BCUT2D eigenvalue weighted by Crippen LogP contribution is -2.29. The van der Waals surface area contributed by atoms with Crippen LogP contribution in [0.5, 0.6) is 5.75 Å². The summed E-state index contributed by atoms with van der Waals surface area (Å²) in [6.07, 6.45) is 5.58. The zero-order valence-electron chi connectivity index (χ0n) is 23.7. The predicted octanol–water partition coefficient (Wildman–Crippen LogP) is 7.07. The predicted molar refractivity (Wildman–Crippen MR) is 162 cm³/mol. The van der Waals surface area contributed by atoms with Gasteiger partial charge in [0.05, 0.1) is 23.7 Å². The van der Waals surface area contributed by atoms with Gasteiger partial charge in [-0.25, -0.2) is 4.98 Å². The summed E-state index contributed by atoms with van der Waals surface area (Å²) >= 11 is 0. The standard InChI is InChI=1S/C33H38N4O2/c1-6-39-31-19-24(5)29(20-28(31)22(2)3)32-35-30-13-9-8-12-27(30)33(38)37(32)34-21-25-14-15-26(18-23(25)4)36-16-10-7-11-17-36/h8-9,12-15,18-22H,6-7,10-11,16-17H2,1-5H3. The molecule has 6 heteroatoms. The van der Waals surface area contributed by atoms with Crippen molar-refractivity contribution in [3.05, 3.63) is 87.2 Å². The Morgan fingerprint density at radius 1 is 1.00 bits per heavy atom. The highest BCUT2D eigenvalue weighted by Gasteiger charge is 2.19. The Labute approximate surface area is 231 Å². The molecule has 0 spiro atoms. The van der Waals surface area contributed by atoms with E-state index in [9.17, 15) is 4.79 Å². The van der Waals surface area contributed by atoms with Gasteiger partial charge in [0.25, 0.3) is 5.56 Å². The molecule has 5 rings (SSSR count). The third kappa shape index (κ3) is 5.47. The molecule has 4 aromatic rings. The second-order valence-corrected chi connectivity index (χ2v) is 10.7. The summed E-state index contributed by atoms with van der Waals surface area (Å²) in [6, 6.07) is 18.1. The SMILES string of the molecule is CCOc1cc(C)c(-c2nc3ccccc3c(=O)n2N=Cc2ccc(N3CCCCC3)cc2C)cc1C(C)C. The largest absolute Gasteiger partial charge is 0.494 e. The second-order valence-electron chi connectivity index (χ2n) is 10.7. The van der Waals surface area contributed by atoms with E-state index < -0.39 is 0 Å². The number of nitrogens with zero attached hydrogens (tertiary/aromatic N) is 4. The summed E-state index contributed by atoms with van der Waals surface area (Å²) in [5, 5.41) is 5.30. The van der Waals surface area contributed by atoms with Crippen LogP contribution < -0.4 is 15.2 Å². The fourth-order valence-electron chi connectivity index (χ4n) is 5.35. The van der Waals surface area contributed by atoms with Crippen LogP contribution >= 0.6 is 0 Å². The van der Waals surface area contributed by atoms with Gasteiger partial charge in [0.2, 0.25) is 0 Å². The molecule has 6 nitrogen and oxygen atoms in total. The minimum Gasteiger partial charge on any atom is -0.494 e. The van der Waals surface area contributed by atoms with E-state index in [0.717, 1.165) is 46.7 Å². The number of anilines is 1. The van der Waals surface area contributed by atoms with Crippen LogP contribution in [-0.2, 0) is 0 Å². The van der Waals surface area contributed by atoms with E-state index in [4.69, 9.17) is 14.8 Å². The van der Waals surface area contributed by atoms with E-state index >= 15 is 0 Å². The topological polar surface area (TPSA) is 59.7 Å². The van der Waals surface area contributed by atoms with Crippen molar-refractivity contribution in [3.63, 3.8) is 0 Å². The summed E-state index contributed by atoms with van der Waals surface area (Å²) in [5.41, 5.74) is 6.77. The van der Waals surface area contributed by atoms with Crippen LogP contribution in [0.15, 0.2) is 64.5 Å². The number of hydrogen-bond acceptors (Lipinski definition) is 5. The zero-order valence-corrected chi connectivity index (χ0v) is 23.7. The Hall–Kier alpha value is -3.93. The van der Waals surface area contributed by atoms with Crippen molar-refractivity contribution in [1.82, 2.24) is 9.66 Å². The number of aromatic nitrogens is 2. The fraction of sp³-hybridized carbons (Fsp3) is 0.364. The molecule has 0 N–H and O–H groups in total. The minimum atomic E-state index is -0.186. The van der Waals surface area contributed by atoms with E-state index in [-0.39, 0.29) is 11.5 Å². The summed E-state index contributed by atoms with van der Waals surface area (Å²) in [4.78, 5) is 21.2. The van der Waals surface area contributed by atoms with Crippen LogP contribution in [0.4, 0.5) is 5.69 Å². The quantitative estimate of drug-likeness (QED) is 0.244. The molecular weight excluding hydrogens is 484 g/mol. The van der Waals surface area contributed by atoms with Crippen LogP contribution in [0.2, 0.25) is 0 Å². The lowest BCUT2D eigenvalue weighted by Gasteiger charge is -2.29. The van der Waals surface area contributed by atoms with Crippen molar-refractivity contribution >= 4 is 22.8 Å². The third-order valence-corrected chi connectivity index (χ3v) is 7.56. The van der Waals surface area contributed by atoms with Gasteiger partial charge < -0.3 is 9.64 Å². The van der Waals surface area contributed by atoms with Crippen LogP contribution in [0, 0.1) is 13.8 Å². The molecule has 2 heterocycles. The average Bonchev–Trinajstić information content (AvgIpc) is 2.94. The highest BCUT2D eigenvalue weighted by molar-refractivity contribution is 5.84. The second kappa shape index (κ2) is 11.4. The maximum Gasteiger partial charge on any atom is 0.282 e. The first-order valence-electron chi connectivity index (χ1n) is 14.1. The van der Waals surface area contributed by atoms with Gasteiger partial charge in [0, 0.05) is 24.3 Å². The van der Waals surface area contributed by atoms with Crippen molar-refractivity contribution < 1.29 is 4.74 Å². The van der Waals surface area contributed by atoms with Gasteiger partial charge in [-0.15, -0.1) is 0 Å². The summed E-state index contributed by atoms with van der Waals surface area (Å²) in [5.74, 6) is 1.65. The summed E-state index contributed by atoms with van der Waals surface area (Å²) in [7, 11) is 0. The molecule has 1 fully saturated rings. The van der Waals surface area contributed by atoms with Gasteiger partial charge in [-0.1, -0.05) is 32.0 Å². The molecule has 0 radical (unpaired) electrons. The summed E-state index contributed by atoms with van der Waals surface area (Å²) in [6.45, 7) is 13.2. The van der Waals surface area contributed by atoms with Crippen molar-refractivity contribution in [2.24, 2.45) is 5.10 Å². The fourth-order valence-corrected chi connectivity index (χ4v) is 5.35. The Balaban J connectivity index is 1.63. The number of hydrogen-bond donors (Lipinski definition) is 0. The molecule has 1 saturated heterocycles. The van der Waals surface area contributed by atoms with Crippen LogP contribution in [0.3, 0.4) is 0 Å². The molecule has 202 valence electrons. The minimum absolute atomic E-state index is 0.186. The number of ether oxygens (including phenoxy) is 1. The molecule has 1 aliphatic heterocycles.